The van der Waals surface area contributed by atoms with Gasteiger partial charge in [0.05, 0.1) is 28.9 Å². The van der Waals surface area contributed by atoms with E-state index >= 15 is 0 Å². The third-order valence-electron chi connectivity index (χ3n) is 4.48. The second kappa shape index (κ2) is 7.98. The topological polar surface area (TPSA) is 64.9 Å². The van der Waals surface area contributed by atoms with Crippen LogP contribution in [0.5, 0.6) is 5.75 Å². The Morgan fingerprint density at radius 2 is 2.19 bits per heavy atom. The summed E-state index contributed by atoms with van der Waals surface area (Å²) in [6.07, 6.45) is 5.78. The number of pyridine rings is 1. The van der Waals surface area contributed by atoms with Crippen molar-refractivity contribution < 1.29 is 14.3 Å². The Labute approximate surface area is 162 Å². The fourth-order valence-electron chi connectivity index (χ4n) is 3.11. The maximum absolute atomic E-state index is 12.6. The molecule has 4 rings (SSSR count). The Kier molecular flexibility index (Phi) is 5.27. The lowest BCUT2D eigenvalue weighted by Gasteiger charge is -2.14. The lowest BCUT2D eigenvalue weighted by Crippen LogP contribution is -2.24. The zero-order chi connectivity index (χ0) is 18.6. The fraction of sp³-hybridized carbons (Fsp3) is 0.300. The van der Waals surface area contributed by atoms with E-state index in [4.69, 9.17) is 21.1 Å². The van der Waals surface area contributed by atoms with Crippen molar-refractivity contribution in [3.8, 4) is 5.75 Å². The quantitative estimate of drug-likeness (QED) is 0.705. The van der Waals surface area contributed by atoms with Gasteiger partial charge in [0.15, 0.2) is 0 Å². The second-order valence-corrected chi connectivity index (χ2v) is 6.91. The molecule has 1 fully saturated rings. The van der Waals surface area contributed by atoms with Crippen molar-refractivity contribution in [3.05, 3.63) is 65.1 Å². The monoisotopic (exact) mass is 385 g/mol. The smallest absolute Gasteiger partial charge is 0.255 e. The van der Waals surface area contributed by atoms with Gasteiger partial charge in [-0.25, -0.2) is 4.98 Å². The summed E-state index contributed by atoms with van der Waals surface area (Å²) in [5.74, 6) is 0.361. The predicted molar refractivity (Wildman–Crippen MR) is 102 cm³/mol. The summed E-state index contributed by atoms with van der Waals surface area (Å²) in [5, 5.41) is 3.53. The van der Waals surface area contributed by atoms with Crippen LogP contribution < -0.4 is 10.1 Å². The number of aromatic nitrogens is 2. The van der Waals surface area contributed by atoms with Gasteiger partial charge < -0.3 is 19.2 Å². The maximum Gasteiger partial charge on any atom is 0.255 e. The molecule has 1 aliphatic heterocycles. The van der Waals surface area contributed by atoms with E-state index < -0.39 is 0 Å². The average molecular weight is 386 g/mol. The Balaban J connectivity index is 1.41. The van der Waals surface area contributed by atoms with E-state index in [1.54, 1.807) is 24.4 Å². The molecule has 1 atom stereocenters. The van der Waals surface area contributed by atoms with Crippen LogP contribution in [-0.2, 0) is 11.3 Å². The minimum atomic E-state index is -0.201. The fourth-order valence-corrected chi connectivity index (χ4v) is 3.28. The van der Waals surface area contributed by atoms with Crippen molar-refractivity contribution in [2.45, 2.75) is 25.5 Å². The summed E-state index contributed by atoms with van der Waals surface area (Å²) in [6.45, 7) is 1.55. The number of para-hydroxylation sites is 1. The molecule has 27 heavy (non-hydrogen) atoms. The molecule has 7 heteroatoms. The number of nitrogens with zero attached hydrogens (tertiary/aromatic N) is 2. The molecular weight excluding hydrogens is 366 g/mol. The number of nitrogens with one attached hydrogen (secondary N) is 1. The van der Waals surface area contributed by atoms with Gasteiger partial charge in [-0.05, 0) is 37.1 Å². The molecule has 1 aromatic carbocycles. The highest BCUT2D eigenvalue weighted by molar-refractivity contribution is 6.30. The van der Waals surface area contributed by atoms with Crippen molar-refractivity contribution in [2.75, 3.05) is 13.2 Å². The summed E-state index contributed by atoms with van der Waals surface area (Å²) in [4.78, 5) is 17.1. The number of carbonyl (C=O) groups is 1. The zero-order valence-electron chi connectivity index (χ0n) is 14.7. The number of amides is 1. The number of rotatable bonds is 6. The highest BCUT2D eigenvalue weighted by Crippen LogP contribution is 2.20. The van der Waals surface area contributed by atoms with Crippen LogP contribution in [0.15, 0.2) is 48.8 Å². The van der Waals surface area contributed by atoms with Crippen LogP contribution in [-0.4, -0.2) is 34.6 Å². The summed E-state index contributed by atoms with van der Waals surface area (Å²) < 4.78 is 13.2. The molecule has 0 saturated carbocycles. The van der Waals surface area contributed by atoms with Gasteiger partial charge in [0.1, 0.15) is 18.0 Å². The highest BCUT2D eigenvalue weighted by atomic mass is 35.5. The van der Waals surface area contributed by atoms with Gasteiger partial charge in [-0.15, -0.1) is 0 Å². The predicted octanol–water partition coefficient (Wildman–Crippen LogP) is 3.48. The second-order valence-electron chi connectivity index (χ2n) is 6.47. The Morgan fingerprint density at radius 1 is 1.30 bits per heavy atom. The summed E-state index contributed by atoms with van der Waals surface area (Å²) >= 11 is 5.99. The third kappa shape index (κ3) is 4.23. The number of carbonyl (C=O) groups excluding carboxylic acids is 1. The Morgan fingerprint density at radius 3 is 3.04 bits per heavy atom. The number of hydrogen-bond donors (Lipinski definition) is 1. The van der Waals surface area contributed by atoms with E-state index in [0.29, 0.717) is 29.5 Å². The highest BCUT2D eigenvalue weighted by Gasteiger charge is 2.18. The first-order valence-corrected chi connectivity index (χ1v) is 9.31. The summed E-state index contributed by atoms with van der Waals surface area (Å²) in [5.41, 5.74) is 2.04. The Hall–Kier alpha value is -2.57. The minimum absolute atomic E-state index is 0.103. The van der Waals surface area contributed by atoms with Gasteiger partial charge in [-0.1, -0.05) is 23.7 Å². The lowest BCUT2D eigenvalue weighted by atomic mass is 10.2. The number of benzene rings is 1. The van der Waals surface area contributed by atoms with Crippen LogP contribution in [0, 0.1) is 0 Å². The van der Waals surface area contributed by atoms with Crippen LogP contribution in [0.4, 0.5) is 0 Å². The number of imidazole rings is 1. The van der Waals surface area contributed by atoms with Gasteiger partial charge >= 0.3 is 0 Å². The molecule has 1 N–H and O–H groups in total. The van der Waals surface area contributed by atoms with Crippen LogP contribution in [0.3, 0.4) is 0 Å². The van der Waals surface area contributed by atoms with Gasteiger partial charge in [-0.3, -0.25) is 4.79 Å². The van der Waals surface area contributed by atoms with Crippen molar-refractivity contribution in [1.82, 2.24) is 14.7 Å². The molecule has 0 aliphatic carbocycles. The largest absolute Gasteiger partial charge is 0.490 e. The molecule has 0 spiro atoms. The van der Waals surface area contributed by atoms with Crippen molar-refractivity contribution in [2.24, 2.45) is 0 Å². The van der Waals surface area contributed by atoms with Gasteiger partial charge in [0.25, 0.3) is 5.91 Å². The van der Waals surface area contributed by atoms with E-state index in [9.17, 15) is 4.79 Å². The zero-order valence-corrected chi connectivity index (χ0v) is 15.5. The molecule has 0 bridgehead atoms. The van der Waals surface area contributed by atoms with Gasteiger partial charge in [0, 0.05) is 19.0 Å². The van der Waals surface area contributed by atoms with Crippen LogP contribution >= 0.6 is 11.6 Å². The molecule has 2 aromatic heterocycles. The standard InChI is InChI=1S/C20H20ClN3O3/c21-14-7-8-19-23-15(12-24(19)11-14)10-22-20(25)17-5-1-2-6-18(17)27-13-16-4-3-9-26-16/h1-2,5-8,11-12,16H,3-4,9-10,13H2,(H,22,25). The minimum Gasteiger partial charge on any atom is -0.490 e. The van der Waals surface area contributed by atoms with Gasteiger partial charge in [-0.2, -0.15) is 0 Å². The number of ether oxygens (including phenoxy) is 2. The van der Waals surface area contributed by atoms with E-state index in [2.05, 4.69) is 10.3 Å². The molecule has 1 amide bonds. The maximum atomic E-state index is 12.6. The van der Waals surface area contributed by atoms with Crippen LogP contribution in [0.25, 0.3) is 5.65 Å². The summed E-state index contributed by atoms with van der Waals surface area (Å²) in [6, 6.07) is 10.9. The van der Waals surface area contributed by atoms with Gasteiger partial charge in [0.2, 0.25) is 0 Å². The summed E-state index contributed by atoms with van der Waals surface area (Å²) in [7, 11) is 0. The molecule has 1 aliphatic rings. The Bertz CT molecular complexity index is 951. The van der Waals surface area contributed by atoms with E-state index in [-0.39, 0.29) is 12.0 Å². The first kappa shape index (κ1) is 17.8. The van der Waals surface area contributed by atoms with Crippen molar-refractivity contribution in [3.63, 3.8) is 0 Å². The first-order chi connectivity index (χ1) is 13.2. The molecule has 0 radical (unpaired) electrons. The van der Waals surface area contributed by atoms with Crippen LogP contribution in [0.2, 0.25) is 5.02 Å². The van der Waals surface area contributed by atoms with E-state index in [1.165, 1.54) is 0 Å². The number of hydrogen-bond acceptors (Lipinski definition) is 4. The molecular formula is C20H20ClN3O3. The molecule has 3 heterocycles. The normalized spacial score (nSPS) is 16.6. The average Bonchev–Trinajstić information content (AvgIpc) is 3.33. The van der Waals surface area contributed by atoms with E-state index in [0.717, 1.165) is 30.8 Å². The van der Waals surface area contributed by atoms with Crippen molar-refractivity contribution in [1.29, 1.82) is 0 Å². The number of halogens is 1. The van der Waals surface area contributed by atoms with E-state index in [1.807, 2.05) is 28.8 Å². The van der Waals surface area contributed by atoms with Crippen molar-refractivity contribution >= 4 is 23.2 Å². The first-order valence-electron chi connectivity index (χ1n) is 8.94. The molecule has 3 aromatic rings. The lowest BCUT2D eigenvalue weighted by molar-refractivity contribution is 0.0670. The molecule has 140 valence electrons. The molecule has 6 nitrogen and oxygen atoms in total. The van der Waals surface area contributed by atoms with Crippen LogP contribution in [0.1, 0.15) is 28.9 Å². The SMILES string of the molecule is O=C(NCc1cn2cc(Cl)ccc2n1)c1ccccc1OCC1CCCO1. The third-order valence-corrected chi connectivity index (χ3v) is 4.70. The molecule has 1 unspecified atom stereocenters. The molecule has 1 saturated heterocycles. The number of fused-ring (bicyclic) bond motifs is 1.